The second-order valence-corrected chi connectivity index (χ2v) is 7.05. The number of thiazole rings is 1. The lowest BCUT2D eigenvalue weighted by atomic mass is 9.99. The van der Waals surface area contributed by atoms with Crippen LogP contribution in [0.2, 0.25) is 0 Å². The van der Waals surface area contributed by atoms with Gasteiger partial charge in [-0.3, -0.25) is 4.79 Å². The van der Waals surface area contributed by atoms with Crippen LogP contribution < -0.4 is 5.32 Å². The van der Waals surface area contributed by atoms with Gasteiger partial charge in [0, 0.05) is 19.4 Å². The molecule has 1 aromatic carbocycles. The second-order valence-electron chi connectivity index (χ2n) is 5.97. The SMILES string of the molecule is Cc1nc(Cc2ccc(F)cc2)sc1C(=O)NC1(C(=O)O)CCOC1. The van der Waals surface area contributed by atoms with Crippen molar-refractivity contribution in [2.75, 3.05) is 13.2 Å². The number of rotatable bonds is 5. The first-order valence-electron chi connectivity index (χ1n) is 7.74. The van der Waals surface area contributed by atoms with Crippen LogP contribution in [0.3, 0.4) is 0 Å². The first kappa shape index (κ1) is 17.5. The van der Waals surface area contributed by atoms with Gasteiger partial charge in [-0.15, -0.1) is 11.3 Å². The van der Waals surface area contributed by atoms with Gasteiger partial charge in [-0.2, -0.15) is 0 Å². The van der Waals surface area contributed by atoms with E-state index in [0.29, 0.717) is 28.6 Å². The molecular formula is C17H17FN2O4S. The third-order valence-electron chi connectivity index (χ3n) is 4.10. The van der Waals surface area contributed by atoms with Crippen molar-refractivity contribution in [3.8, 4) is 0 Å². The average Bonchev–Trinajstić information content (AvgIpc) is 3.17. The minimum absolute atomic E-state index is 0.0473. The first-order chi connectivity index (χ1) is 11.9. The van der Waals surface area contributed by atoms with Gasteiger partial charge in [0.15, 0.2) is 5.54 Å². The number of aryl methyl sites for hydroxylation is 1. The summed E-state index contributed by atoms with van der Waals surface area (Å²) in [5.74, 6) is -1.88. The molecule has 0 aliphatic carbocycles. The summed E-state index contributed by atoms with van der Waals surface area (Å²) in [6.07, 6.45) is 0.709. The van der Waals surface area contributed by atoms with Crippen LogP contribution in [-0.4, -0.2) is 40.7 Å². The molecule has 8 heteroatoms. The number of hydrogen-bond acceptors (Lipinski definition) is 5. The molecule has 1 atom stereocenters. The molecule has 0 saturated carbocycles. The van der Waals surface area contributed by atoms with Crippen LogP contribution >= 0.6 is 11.3 Å². The maximum Gasteiger partial charge on any atom is 0.331 e. The predicted octanol–water partition coefficient (Wildman–Crippen LogP) is 2.15. The Morgan fingerprint density at radius 2 is 2.12 bits per heavy atom. The summed E-state index contributed by atoms with van der Waals surface area (Å²) in [6.45, 7) is 1.95. The Morgan fingerprint density at radius 1 is 1.40 bits per heavy atom. The monoisotopic (exact) mass is 364 g/mol. The first-order valence-corrected chi connectivity index (χ1v) is 8.56. The molecule has 2 aromatic rings. The van der Waals surface area contributed by atoms with Gasteiger partial charge in [-0.1, -0.05) is 12.1 Å². The smallest absolute Gasteiger partial charge is 0.331 e. The number of halogens is 1. The maximum absolute atomic E-state index is 13.0. The van der Waals surface area contributed by atoms with Crippen molar-refractivity contribution >= 4 is 23.2 Å². The number of benzene rings is 1. The quantitative estimate of drug-likeness (QED) is 0.849. The number of carbonyl (C=O) groups is 2. The Balaban J connectivity index is 1.76. The molecule has 1 amide bonds. The summed E-state index contributed by atoms with van der Waals surface area (Å²) in [6, 6.07) is 6.09. The fourth-order valence-electron chi connectivity index (χ4n) is 2.68. The predicted molar refractivity (Wildman–Crippen MR) is 89.3 cm³/mol. The van der Waals surface area contributed by atoms with Crippen molar-refractivity contribution in [3.05, 3.63) is 51.2 Å². The standard InChI is InChI=1S/C17H17FN2O4S/c1-10-14(15(21)20-17(16(22)23)6-7-24-9-17)25-13(19-10)8-11-2-4-12(18)5-3-11/h2-5H,6-9H2,1H3,(H,20,21)(H,22,23). The number of nitrogens with one attached hydrogen (secondary N) is 1. The van der Waals surface area contributed by atoms with Crippen LogP contribution in [-0.2, 0) is 16.0 Å². The summed E-state index contributed by atoms with van der Waals surface area (Å²) in [5, 5.41) is 12.7. The van der Waals surface area contributed by atoms with Gasteiger partial charge in [-0.25, -0.2) is 14.2 Å². The van der Waals surface area contributed by atoms with E-state index in [-0.39, 0.29) is 18.8 Å². The normalized spacial score (nSPS) is 19.8. The van der Waals surface area contributed by atoms with Crippen LogP contribution in [0.5, 0.6) is 0 Å². The molecule has 0 spiro atoms. The average molecular weight is 364 g/mol. The minimum atomic E-state index is -1.38. The molecule has 2 heterocycles. The molecule has 1 aliphatic rings. The van der Waals surface area contributed by atoms with Crippen molar-refractivity contribution in [3.63, 3.8) is 0 Å². The lowest BCUT2D eigenvalue weighted by Gasteiger charge is -2.23. The van der Waals surface area contributed by atoms with Crippen molar-refractivity contribution in [2.45, 2.75) is 25.3 Å². The highest BCUT2D eigenvalue weighted by Crippen LogP contribution is 2.24. The van der Waals surface area contributed by atoms with E-state index in [1.807, 2.05) is 0 Å². The number of carboxylic acids is 1. The molecule has 1 fully saturated rings. The Bertz CT molecular complexity index is 797. The zero-order chi connectivity index (χ0) is 18.0. The van der Waals surface area contributed by atoms with Gasteiger partial charge in [0.25, 0.3) is 5.91 Å². The molecule has 1 saturated heterocycles. The summed E-state index contributed by atoms with van der Waals surface area (Å²) >= 11 is 1.21. The number of amides is 1. The number of ether oxygens (including phenoxy) is 1. The zero-order valence-electron chi connectivity index (χ0n) is 13.5. The highest BCUT2D eigenvalue weighted by Gasteiger charge is 2.44. The van der Waals surface area contributed by atoms with Crippen molar-refractivity contribution in [2.24, 2.45) is 0 Å². The van der Waals surface area contributed by atoms with Crippen LogP contribution in [0, 0.1) is 12.7 Å². The molecule has 6 nitrogen and oxygen atoms in total. The number of hydrogen-bond donors (Lipinski definition) is 2. The van der Waals surface area contributed by atoms with E-state index in [1.165, 1.54) is 23.5 Å². The number of nitrogens with zero attached hydrogens (tertiary/aromatic N) is 1. The molecule has 0 radical (unpaired) electrons. The molecule has 132 valence electrons. The number of aliphatic carboxylic acids is 1. The number of aromatic nitrogens is 1. The molecule has 3 rings (SSSR count). The summed E-state index contributed by atoms with van der Waals surface area (Å²) in [7, 11) is 0. The molecule has 1 aliphatic heterocycles. The second kappa shape index (κ2) is 6.89. The molecular weight excluding hydrogens is 347 g/mol. The third kappa shape index (κ3) is 3.69. The van der Waals surface area contributed by atoms with E-state index in [0.717, 1.165) is 5.56 Å². The Morgan fingerprint density at radius 3 is 2.72 bits per heavy atom. The highest BCUT2D eigenvalue weighted by molar-refractivity contribution is 7.13. The fourth-order valence-corrected chi connectivity index (χ4v) is 3.67. The van der Waals surface area contributed by atoms with Crippen LogP contribution in [0.4, 0.5) is 4.39 Å². The summed E-state index contributed by atoms with van der Waals surface area (Å²) < 4.78 is 18.1. The third-order valence-corrected chi connectivity index (χ3v) is 5.26. The largest absolute Gasteiger partial charge is 0.479 e. The topological polar surface area (TPSA) is 88.5 Å². The molecule has 25 heavy (non-hydrogen) atoms. The fraction of sp³-hybridized carbons (Fsp3) is 0.353. The van der Waals surface area contributed by atoms with Gasteiger partial charge < -0.3 is 15.2 Å². The van der Waals surface area contributed by atoms with E-state index >= 15 is 0 Å². The number of carboxylic acid groups (broad SMARTS) is 1. The number of carbonyl (C=O) groups excluding carboxylic acids is 1. The van der Waals surface area contributed by atoms with E-state index in [9.17, 15) is 19.1 Å². The highest BCUT2D eigenvalue weighted by atomic mass is 32.1. The van der Waals surface area contributed by atoms with Crippen molar-refractivity contribution < 1.29 is 23.8 Å². The minimum Gasteiger partial charge on any atom is -0.479 e. The van der Waals surface area contributed by atoms with Gasteiger partial charge in [0.1, 0.15) is 10.7 Å². The Labute approximate surface area is 147 Å². The molecule has 2 N–H and O–H groups in total. The van der Waals surface area contributed by atoms with E-state index in [4.69, 9.17) is 4.74 Å². The summed E-state index contributed by atoms with van der Waals surface area (Å²) in [5.41, 5.74) is 0.0392. The van der Waals surface area contributed by atoms with E-state index < -0.39 is 17.4 Å². The van der Waals surface area contributed by atoms with Crippen LogP contribution in [0.15, 0.2) is 24.3 Å². The molecule has 1 unspecified atom stereocenters. The maximum atomic E-state index is 13.0. The Hall–Kier alpha value is -2.32. The Kier molecular flexibility index (Phi) is 4.82. The van der Waals surface area contributed by atoms with Gasteiger partial charge >= 0.3 is 5.97 Å². The lowest BCUT2D eigenvalue weighted by molar-refractivity contribution is -0.144. The van der Waals surface area contributed by atoms with Crippen molar-refractivity contribution in [1.29, 1.82) is 0 Å². The zero-order valence-corrected chi connectivity index (χ0v) is 14.4. The van der Waals surface area contributed by atoms with Crippen molar-refractivity contribution in [1.82, 2.24) is 10.3 Å². The van der Waals surface area contributed by atoms with Gasteiger partial charge in [0.05, 0.1) is 17.3 Å². The van der Waals surface area contributed by atoms with Gasteiger partial charge in [-0.05, 0) is 24.6 Å². The van der Waals surface area contributed by atoms with Crippen LogP contribution in [0.1, 0.15) is 32.4 Å². The van der Waals surface area contributed by atoms with Gasteiger partial charge in [0.2, 0.25) is 0 Å². The van der Waals surface area contributed by atoms with E-state index in [2.05, 4.69) is 10.3 Å². The van der Waals surface area contributed by atoms with Crippen LogP contribution in [0.25, 0.3) is 0 Å². The van der Waals surface area contributed by atoms with E-state index in [1.54, 1.807) is 19.1 Å². The lowest BCUT2D eigenvalue weighted by Crippen LogP contribution is -2.55. The summed E-state index contributed by atoms with van der Waals surface area (Å²) in [4.78, 5) is 28.8. The molecule has 1 aromatic heterocycles. The molecule has 0 bridgehead atoms.